The van der Waals surface area contributed by atoms with Crippen LogP contribution in [0.15, 0.2) is 0 Å². The molecule has 0 rings (SSSR count). The van der Waals surface area contributed by atoms with E-state index in [4.69, 9.17) is 10.5 Å². The highest BCUT2D eigenvalue weighted by atomic mass is 16.5. The van der Waals surface area contributed by atoms with Crippen molar-refractivity contribution in [1.82, 2.24) is 5.32 Å². The minimum absolute atomic E-state index is 0.0295. The summed E-state index contributed by atoms with van der Waals surface area (Å²) in [7, 11) is 0. The predicted molar refractivity (Wildman–Crippen MR) is 70.9 cm³/mol. The number of esters is 1. The van der Waals surface area contributed by atoms with Crippen LogP contribution in [-0.4, -0.2) is 30.6 Å². The molecule has 0 aliphatic heterocycles. The molecule has 0 radical (unpaired) electrons. The van der Waals surface area contributed by atoms with E-state index >= 15 is 0 Å². The lowest BCUT2D eigenvalue weighted by atomic mass is 9.98. The molecule has 1 amide bonds. The molecule has 5 nitrogen and oxygen atoms in total. The Labute approximate surface area is 109 Å². The van der Waals surface area contributed by atoms with E-state index < -0.39 is 12.1 Å². The SMILES string of the molecule is CCCC(N)C(=O)NC(C(=O)OCC)C(C)CC. The Morgan fingerprint density at radius 3 is 2.33 bits per heavy atom. The smallest absolute Gasteiger partial charge is 0.328 e. The number of rotatable bonds is 8. The summed E-state index contributed by atoms with van der Waals surface area (Å²) < 4.78 is 4.97. The minimum Gasteiger partial charge on any atom is -0.464 e. The third-order valence-corrected chi connectivity index (χ3v) is 2.99. The van der Waals surface area contributed by atoms with Crippen molar-refractivity contribution in [2.24, 2.45) is 11.7 Å². The lowest BCUT2D eigenvalue weighted by Crippen LogP contribution is -2.51. The second kappa shape index (κ2) is 8.91. The van der Waals surface area contributed by atoms with Gasteiger partial charge in [-0.2, -0.15) is 0 Å². The summed E-state index contributed by atoms with van der Waals surface area (Å²) in [6.45, 7) is 7.89. The number of hydrogen-bond donors (Lipinski definition) is 2. The first-order valence-electron chi connectivity index (χ1n) is 6.70. The maximum Gasteiger partial charge on any atom is 0.328 e. The van der Waals surface area contributed by atoms with Crippen LogP contribution in [0.4, 0.5) is 0 Å². The molecule has 0 aliphatic carbocycles. The van der Waals surface area contributed by atoms with Gasteiger partial charge in [-0.3, -0.25) is 4.79 Å². The van der Waals surface area contributed by atoms with E-state index in [9.17, 15) is 9.59 Å². The van der Waals surface area contributed by atoms with E-state index in [-0.39, 0.29) is 17.8 Å². The first-order chi connectivity index (χ1) is 8.47. The van der Waals surface area contributed by atoms with E-state index in [1.807, 2.05) is 20.8 Å². The number of nitrogens with two attached hydrogens (primary N) is 1. The molecule has 0 spiro atoms. The average molecular weight is 258 g/mol. The summed E-state index contributed by atoms with van der Waals surface area (Å²) >= 11 is 0. The van der Waals surface area contributed by atoms with Crippen LogP contribution in [0.2, 0.25) is 0 Å². The third-order valence-electron chi connectivity index (χ3n) is 2.99. The van der Waals surface area contributed by atoms with Crippen LogP contribution in [0.3, 0.4) is 0 Å². The third kappa shape index (κ3) is 5.49. The lowest BCUT2D eigenvalue weighted by Gasteiger charge is -2.24. The average Bonchev–Trinajstić information content (AvgIpc) is 2.35. The van der Waals surface area contributed by atoms with Gasteiger partial charge in [-0.1, -0.05) is 33.6 Å². The molecule has 0 aromatic rings. The zero-order valence-electron chi connectivity index (χ0n) is 11.9. The fourth-order valence-electron chi connectivity index (χ4n) is 1.60. The molecule has 3 N–H and O–H groups in total. The molecule has 18 heavy (non-hydrogen) atoms. The topological polar surface area (TPSA) is 81.4 Å². The fourth-order valence-corrected chi connectivity index (χ4v) is 1.60. The Morgan fingerprint density at radius 1 is 1.28 bits per heavy atom. The van der Waals surface area contributed by atoms with Gasteiger partial charge in [0.25, 0.3) is 0 Å². The van der Waals surface area contributed by atoms with Crippen molar-refractivity contribution in [3.8, 4) is 0 Å². The van der Waals surface area contributed by atoms with Gasteiger partial charge in [-0.05, 0) is 19.3 Å². The number of ether oxygens (including phenoxy) is 1. The number of carbonyl (C=O) groups excluding carboxylic acids is 2. The van der Waals surface area contributed by atoms with Gasteiger partial charge in [0, 0.05) is 0 Å². The van der Waals surface area contributed by atoms with Gasteiger partial charge in [0.15, 0.2) is 0 Å². The monoisotopic (exact) mass is 258 g/mol. The first kappa shape index (κ1) is 16.9. The van der Waals surface area contributed by atoms with E-state index in [1.54, 1.807) is 6.92 Å². The molecule has 3 unspecified atom stereocenters. The highest BCUT2D eigenvalue weighted by molar-refractivity contribution is 5.87. The standard InChI is InChI=1S/C13H26N2O3/c1-5-8-10(14)12(16)15-11(9(4)6-2)13(17)18-7-3/h9-11H,5-8,14H2,1-4H3,(H,15,16). The van der Waals surface area contributed by atoms with E-state index in [1.165, 1.54) is 0 Å². The number of hydrogen-bond acceptors (Lipinski definition) is 4. The van der Waals surface area contributed by atoms with Crippen molar-refractivity contribution in [3.63, 3.8) is 0 Å². The normalized spacial score (nSPS) is 15.6. The summed E-state index contributed by atoms with van der Waals surface area (Å²) in [6.07, 6.45) is 2.23. The summed E-state index contributed by atoms with van der Waals surface area (Å²) in [4.78, 5) is 23.6. The molecule has 0 aromatic heterocycles. The Morgan fingerprint density at radius 2 is 1.89 bits per heavy atom. The summed E-state index contributed by atoms with van der Waals surface area (Å²) in [5.41, 5.74) is 5.73. The second-order valence-corrected chi connectivity index (χ2v) is 4.52. The molecule has 0 bridgehead atoms. The first-order valence-corrected chi connectivity index (χ1v) is 6.70. The largest absolute Gasteiger partial charge is 0.464 e. The molecule has 0 aromatic carbocycles. The van der Waals surface area contributed by atoms with Crippen molar-refractivity contribution in [2.75, 3.05) is 6.61 Å². The Kier molecular flexibility index (Phi) is 8.37. The predicted octanol–water partition coefficient (Wildman–Crippen LogP) is 1.21. The molecule has 0 fully saturated rings. The molecular formula is C13H26N2O3. The van der Waals surface area contributed by atoms with Crippen LogP contribution in [0.5, 0.6) is 0 Å². The van der Waals surface area contributed by atoms with Crippen molar-refractivity contribution in [1.29, 1.82) is 0 Å². The molecular weight excluding hydrogens is 232 g/mol. The minimum atomic E-state index is -0.606. The van der Waals surface area contributed by atoms with Crippen LogP contribution in [0.1, 0.15) is 47.0 Å². The molecule has 0 heterocycles. The highest BCUT2D eigenvalue weighted by Gasteiger charge is 2.28. The summed E-state index contributed by atoms with van der Waals surface area (Å²) in [5, 5.41) is 2.70. The van der Waals surface area contributed by atoms with Crippen LogP contribution in [0, 0.1) is 5.92 Å². The van der Waals surface area contributed by atoms with Gasteiger partial charge in [-0.25, -0.2) is 4.79 Å². The van der Waals surface area contributed by atoms with Crippen LogP contribution >= 0.6 is 0 Å². The number of nitrogens with one attached hydrogen (secondary N) is 1. The fraction of sp³-hybridized carbons (Fsp3) is 0.846. The molecule has 0 saturated carbocycles. The zero-order valence-corrected chi connectivity index (χ0v) is 11.9. The van der Waals surface area contributed by atoms with E-state index in [2.05, 4.69) is 5.32 Å². The molecule has 3 atom stereocenters. The van der Waals surface area contributed by atoms with Crippen LogP contribution < -0.4 is 11.1 Å². The molecule has 106 valence electrons. The van der Waals surface area contributed by atoms with Crippen molar-refractivity contribution >= 4 is 11.9 Å². The maximum absolute atomic E-state index is 11.8. The number of amides is 1. The van der Waals surface area contributed by atoms with Gasteiger partial charge >= 0.3 is 5.97 Å². The van der Waals surface area contributed by atoms with Gasteiger partial charge in [-0.15, -0.1) is 0 Å². The van der Waals surface area contributed by atoms with Crippen molar-refractivity contribution < 1.29 is 14.3 Å². The number of carbonyl (C=O) groups is 2. The molecule has 5 heteroatoms. The summed E-state index contributed by atoms with van der Waals surface area (Å²) in [5.74, 6) is -0.638. The Hall–Kier alpha value is -1.10. The Bertz CT molecular complexity index is 269. The zero-order chi connectivity index (χ0) is 14.1. The highest BCUT2D eigenvalue weighted by Crippen LogP contribution is 2.10. The summed E-state index contributed by atoms with van der Waals surface area (Å²) in [6, 6.07) is -1.17. The van der Waals surface area contributed by atoms with E-state index in [0.717, 1.165) is 12.8 Å². The van der Waals surface area contributed by atoms with Gasteiger partial charge in [0.05, 0.1) is 12.6 Å². The van der Waals surface area contributed by atoms with Crippen LogP contribution in [0.25, 0.3) is 0 Å². The quantitative estimate of drug-likeness (QED) is 0.641. The second-order valence-electron chi connectivity index (χ2n) is 4.52. The van der Waals surface area contributed by atoms with Gasteiger partial charge in [0.1, 0.15) is 6.04 Å². The molecule has 0 saturated heterocycles. The lowest BCUT2D eigenvalue weighted by molar-refractivity contribution is -0.149. The van der Waals surface area contributed by atoms with Crippen LogP contribution in [-0.2, 0) is 14.3 Å². The van der Waals surface area contributed by atoms with Crippen molar-refractivity contribution in [3.05, 3.63) is 0 Å². The van der Waals surface area contributed by atoms with Crippen molar-refractivity contribution in [2.45, 2.75) is 59.0 Å². The molecule has 0 aliphatic rings. The van der Waals surface area contributed by atoms with Gasteiger partial charge < -0.3 is 15.8 Å². The van der Waals surface area contributed by atoms with E-state index in [0.29, 0.717) is 13.0 Å². The maximum atomic E-state index is 11.8. The Balaban J connectivity index is 4.58. The van der Waals surface area contributed by atoms with Gasteiger partial charge in [0.2, 0.25) is 5.91 Å².